The molecule has 4 nitrogen and oxygen atoms in total. The summed E-state index contributed by atoms with van der Waals surface area (Å²) in [5, 5.41) is 4.60. The molecule has 17 heavy (non-hydrogen) atoms. The van der Waals surface area contributed by atoms with Crippen molar-refractivity contribution in [1.29, 1.82) is 0 Å². The van der Waals surface area contributed by atoms with Gasteiger partial charge in [0.15, 0.2) is 5.79 Å². The van der Waals surface area contributed by atoms with Gasteiger partial charge < -0.3 is 9.47 Å². The first-order chi connectivity index (χ1) is 8.31. The second-order valence-electron chi connectivity index (χ2n) is 4.98. The van der Waals surface area contributed by atoms with Crippen molar-refractivity contribution in [3.63, 3.8) is 0 Å². The highest BCUT2D eigenvalue weighted by Crippen LogP contribution is 2.41. The largest absolute Gasteiger partial charge is 0.348 e. The standard InChI is InChI=1S/C13H20N2O2/c1-2-15-8-5-12(14-15)11-3-6-13(7-4-11)16-9-10-17-13/h5,8,11H,2-4,6-7,9-10H2,1H3. The Hall–Kier alpha value is -0.870. The summed E-state index contributed by atoms with van der Waals surface area (Å²) in [6.07, 6.45) is 6.34. The van der Waals surface area contributed by atoms with Crippen molar-refractivity contribution in [2.75, 3.05) is 13.2 Å². The molecule has 2 heterocycles. The van der Waals surface area contributed by atoms with E-state index in [1.807, 2.05) is 4.68 Å². The molecule has 1 aliphatic carbocycles. The van der Waals surface area contributed by atoms with Crippen LogP contribution in [-0.2, 0) is 16.0 Å². The molecule has 2 fully saturated rings. The fourth-order valence-electron chi connectivity index (χ4n) is 2.91. The normalized spacial score (nSPS) is 24.5. The van der Waals surface area contributed by atoms with E-state index in [2.05, 4.69) is 24.3 Å². The fourth-order valence-corrected chi connectivity index (χ4v) is 2.91. The van der Waals surface area contributed by atoms with E-state index in [1.54, 1.807) is 0 Å². The molecule has 0 amide bonds. The molecule has 0 atom stereocenters. The van der Waals surface area contributed by atoms with E-state index in [-0.39, 0.29) is 5.79 Å². The highest BCUT2D eigenvalue weighted by molar-refractivity contribution is 5.08. The van der Waals surface area contributed by atoms with E-state index in [0.717, 1.165) is 45.4 Å². The summed E-state index contributed by atoms with van der Waals surface area (Å²) in [4.78, 5) is 0. The Morgan fingerprint density at radius 3 is 2.65 bits per heavy atom. The first-order valence-electron chi connectivity index (χ1n) is 6.63. The van der Waals surface area contributed by atoms with E-state index in [9.17, 15) is 0 Å². The number of ether oxygens (including phenoxy) is 2. The van der Waals surface area contributed by atoms with Crippen molar-refractivity contribution in [2.45, 2.75) is 50.9 Å². The summed E-state index contributed by atoms with van der Waals surface area (Å²) in [7, 11) is 0. The zero-order chi connectivity index (χ0) is 11.7. The summed E-state index contributed by atoms with van der Waals surface area (Å²) < 4.78 is 13.5. The third-order valence-corrected chi connectivity index (χ3v) is 3.96. The molecular weight excluding hydrogens is 216 g/mol. The van der Waals surface area contributed by atoms with Gasteiger partial charge in [0.05, 0.1) is 18.9 Å². The molecule has 0 radical (unpaired) electrons. The molecule has 3 rings (SSSR count). The van der Waals surface area contributed by atoms with Crippen LogP contribution in [0.2, 0.25) is 0 Å². The van der Waals surface area contributed by atoms with Crippen molar-refractivity contribution in [3.8, 4) is 0 Å². The Morgan fingerprint density at radius 2 is 2.06 bits per heavy atom. The van der Waals surface area contributed by atoms with Crippen LogP contribution in [0.1, 0.15) is 44.2 Å². The molecule has 1 spiro atoms. The minimum atomic E-state index is -0.246. The number of nitrogens with zero attached hydrogens (tertiary/aromatic N) is 2. The lowest BCUT2D eigenvalue weighted by Gasteiger charge is -2.34. The smallest absolute Gasteiger partial charge is 0.168 e. The van der Waals surface area contributed by atoms with E-state index >= 15 is 0 Å². The van der Waals surface area contributed by atoms with Gasteiger partial charge in [0.25, 0.3) is 0 Å². The van der Waals surface area contributed by atoms with Crippen LogP contribution in [0.15, 0.2) is 12.3 Å². The van der Waals surface area contributed by atoms with Gasteiger partial charge in [-0.2, -0.15) is 5.10 Å². The predicted molar refractivity (Wildman–Crippen MR) is 63.7 cm³/mol. The van der Waals surface area contributed by atoms with Crippen molar-refractivity contribution in [3.05, 3.63) is 18.0 Å². The van der Waals surface area contributed by atoms with Crippen molar-refractivity contribution in [1.82, 2.24) is 9.78 Å². The third-order valence-electron chi connectivity index (χ3n) is 3.96. The van der Waals surface area contributed by atoms with Gasteiger partial charge in [-0.3, -0.25) is 4.68 Å². The van der Waals surface area contributed by atoms with Crippen LogP contribution in [0.5, 0.6) is 0 Å². The quantitative estimate of drug-likeness (QED) is 0.790. The maximum absolute atomic E-state index is 5.74. The predicted octanol–water partition coefficient (Wildman–Crippen LogP) is 2.30. The first kappa shape index (κ1) is 11.2. The zero-order valence-corrected chi connectivity index (χ0v) is 10.4. The summed E-state index contributed by atoms with van der Waals surface area (Å²) in [5.41, 5.74) is 1.24. The highest BCUT2D eigenvalue weighted by Gasteiger charge is 2.40. The fraction of sp³-hybridized carbons (Fsp3) is 0.769. The topological polar surface area (TPSA) is 36.3 Å². The minimum Gasteiger partial charge on any atom is -0.348 e. The molecule has 4 heteroatoms. The first-order valence-corrected chi connectivity index (χ1v) is 6.63. The molecule has 1 saturated carbocycles. The molecule has 0 unspecified atom stereocenters. The van der Waals surface area contributed by atoms with Crippen molar-refractivity contribution >= 4 is 0 Å². The molecule has 94 valence electrons. The van der Waals surface area contributed by atoms with Gasteiger partial charge in [0, 0.05) is 31.5 Å². The summed E-state index contributed by atoms with van der Waals surface area (Å²) in [6, 6.07) is 2.16. The lowest BCUT2D eigenvalue weighted by atomic mass is 9.83. The maximum Gasteiger partial charge on any atom is 0.168 e. The van der Waals surface area contributed by atoms with Crippen LogP contribution in [0.3, 0.4) is 0 Å². The SMILES string of the molecule is CCn1ccc(C2CCC3(CC2)OCCO3)n1. The number of rotatable bonds is 2. The second-order valence-corrected chi connectivity index (χ2v) is 4.98. The van der Waals surface area contributed by atoms with Crippen LogP contribution < -0.4 is 0 Å². The second kappa shape index (κ2) is 4.42. The molecular formula is C13H20N2O2. The number of hydrogen-bond donors (Lipinski definition) is 0. The van der Waals surface area contributed by atoms with Crippen LogP contribution in [0.25, 0.3) is 0 Å². The Labute approximate surface area is 102 Å². The van der Waals surface area contributed by atoms with E-state index in [0.29, 0.717) is 5.92 Å². The van der Waals surface area contributed by atoms with Gasteiger partial charge in [-0.15, -0.1) is 0 Å². The van der Waals surface area contributed by atoms with Crippen LogP contribution in [0, 0.1) is 0 Å². The van der Waals surface area contributed by atoms with Gasteiger partial charge in [0.1, 0.15) is 0 Å². The van der Waals surface area contributed by atoms with Gasteiger partial charge in [0.2, 0.25) is 0 Å². The minimum absolute atomic E-state index is 0.246. The Balaban J connectivity index is 1.64. The number of aryl methyl sites for hydroxylation is 1. The van der Waals surface area contributed by atoms with Gasteiger partial charge in [-0.25, -0.2) is 0 Å². The third kappa shape index (κ3) is 2.11. The lowest BCUT2D eigenvalue weighted by Crippen LogP contribution is -2.34. The average molecular weight is 236 g/mol. The Morgan fingerprint density at radius 1 is 1.35 bits per heavy atom. The highest BCUT2D eigenvalue weighted by atomic mass is 16.7. The molecule has 1 aliphatic heterocycles. The molecule has 0 N–H and O–H groups in total. The van der Waals surface area contributed by atoms with Crippen LogP contribution >= 0.6 is 0 Å². The molecule has 1 aromatic heterocycles. The molecule has 1 saturated heterocycles. The molecule has 0 bridgehead atoms. The summed E-state index contributed by atoms with van der Waals surface area (Å²) in [6.45, 7) is 4.58. The van der Waals surface area contributed by atoms with E-state index in [4.69, 9.17) is 9.47 Å². The Bertz CT molecular complexity index is 373. The van der Waals surface area contributed by atoms with Crippen LogP contribution in [-0.4, -0.2) is 28.8 Å². The van der Waals surface area contributed by atoms with Gasteiger partial charge >= 0.3 is 0 Å². The maximum atomic E-state index is 5.74. The monoisotopic (exact) mass is 236 g/mol. The van der Waals surface area contributed by atoms with Gasteiger partial charge in [-0.1, -0.05) is 0 Å². The van der Waals surface area contributed by atoms with Crippen molar-refractivity contribution < 1.29 is 9.47 Å². The van der Waals surface area contributed by atoms with E-state index in [1.165, 1.54) is 5.69 Å². The summed E-state index contributed by atoms with van der Waals surface area (Å²) >= 11 is 0. The molecule has 1 aromatic rings. The zero-order valence-electron chi connectivity index (χ0n) is 10.4. The molecule has 2 aliphatic rings. The number of aromatic nitrogens is 2. The average Bonchev–Trinajstić information content (AvgIpc) is 3.00. The lowest BCUT2D eigenvalue weighted by molar-refractivity contribution is -0.178. The van der Waals surface area contributed by atoms with E-state index < -0.39 is 0 Å². The van der Waals surface area contributed by atoms with Crippen molar-refractivity contribution in [2.24, 2.45) is 0 Å². The molecule has 0 aromatic carbocycles. The van der Waals surface area contributed by atoms with Crippen LogP contribution in [0.4, 0.5) is 0 Å². The van der Waals surface area contributed by atoms with Gasteiger partial charge in [-0.05, 0) is 25.8 Å². The Kier molecular flexibility index (Phi) is 2.92. The summed E-state index contributed by atoms with van der Waals surface area (Å²) in [5.74, 6) is 0.338. The number of hydrogen-bond acceptors (Lipinski definition) is 3.